The number of rotatable bonds is 6. The van der Waals surface area contributed by atoms with Gasteiger partial charge in [-0.1, -0.05) is 12.1 Å². The average molecular weight is 263 g/mol. The summed E-state index contributed by atoms with van der Waals surface area (Å²) in [7, 11) is 0. The number of carbonyl (C=O) groups is 2. The van der Waals surface area contributed by atoms with Crippen molar-refractivity contribution >= 4 is 17.5 Å². The third-order valence-corrected chi connectivity index (χ3v) is 2.83. The van der Waals surface area contributed by atoms with E-state index in [0.717, 1.165) is 5.56 Å². The summed E-state index contributed by atoms with van der Waals surface area (Å²) in [6, 6.07) is 7.25. The molecule has 5 heteroatoms. The van der Waals surface area contributed by atoms with Gasteiger partial charge in [-0.25, -0.2) is 0 Å². The van der Waals surface area contributed by atoms with Crippen molar-refractivity contribution in [3.63, 3.8) is 0 Å². The first-order valence-electron chi connectivity index (χ1n) is 6.44. The van der Waals surface area contributed by atoms with Crippen molar-refractivity contribution in [3.05, 3.63) is 29.8 Å². The van der Waals surface area contributed by atoms with Crippen molar-refractivity contribution in [2.45, 2.75) is 26.2 Å². The molecular weight excluding hydrogens is 242 g/mol. The Kier molecular flexibility index (Phi) is 5.85. The predicted molar refractivity (Wildman–Crippen MR) is 75.6 cm³/mol. The minimum Gasteiger partial charge on any atom is -0.399 e. The maximum absolute atomic E-state index is 11.9. The molecule has 4 N–H and O–H groups in total. The summed E-state index contributed by atoms with van der Waals surface area (Å²) in [4.78, 5) is 23.1. The number of hydrogen-bond acceptors (Lipinski definition) is 3. The fourth-order valence-electron chi connectivity index (χ4n) is 1.72. The molecule has 1 aromatic carbocycles. The molecule has 1 rings (SSSR count). The third-order valence-electron chi connectivity index (χ3n) is 2.83. The van der Waals surface area contributed by atoms with E-state index in [-0.39, 0.29) is 17.7 Å². The average Bonchev–Trinajstić information content (AvgIpc) is 2.38. The van der Waals surface area contributed by atoms with E-state index in [1.54, 1.807) is 12.1 Å². The molecule has 5 nitrogen and oxygen atoms in total. The number of nitrogen functional groups attached to an aromatic ring is 1. The van der Waals surface area contributed by atoms with Crippen LogP contribution in [0.1, 0.15) is 31.7 Å². The molecule has 0 heterocycles. The van der Waals surface area contributed by atoms with Crippen LogP contribution in [0.5, 0.6) is 0 Å². The zero-order chi connectivity index (χ0) is 14.3. The van der Waals surface area contributed by atoms with Crippen LogP contribution in [-0.2, 0) is 9.59 Å². The van der Waals surface area contributed by atoms with Gasteiger partial charge in [-0.05, 0) is 31.5 Å². The SMILES string of the molecule is CCNC(=O)CCNC(=O)C(C)c1cccc(N)c1. The molecule has 1 atom stereocenters. The highest BCUT2D eigenvalue weighted by molar-refractivity contribution is 5.84. The highest BCUT2D eigenvalue weighted by atomic mass is 16.2. The van der Waals surface area contributed by atoms with Crippen molar-refractivity contribution in [2.24, 2.45) is 0 Å². The zero-order valence-electron chi connectivity index (χ0n) is 11.4. The van der Waals surface area contributed by atoms with Gasteiger partial charge in [-0.2, -0.15) is 0 Å². The van der Waals surface area contributed by atoms with Crippen molar-refractivity contribution < 1.29 is 9.59 Å². The second-order valence-electron chi connectivity index (χ2n) is 4.39. The molecule has 0 saturated heterocycles. The number of carbonyl (C=O) groups excluding carboxylic acids is 2. The molecule has 0 saturated carbocycles. The Labute approximate surface area is 113 Å². The van der Waals surface area contributed by atoms with Crippen LogP contribution in [0.25, 0.3) is 0 Å². The summed E-state index contributed by atoms with van der Waals surface area (Å²) in [5.41, 5.74) is 7.19. The van der Waals surface area contributed by atoms with E-state index in [2.05, 4.69) is 10.6 Å². The van der Waals surface area contributed by atoms with Crippen LogP contribution < -0.4 is 16.4 Å². The molecule has 1 unspecified atom stereocenters. The fourth-order valence-corrected chi connectivity index (χ4v) is 1.72. The molecule has 0 aromatic heterocycles. The van der Waals surface area contributed by atoms with Crippen LogP contribution in [0.2, 0.25) is 0 Å². The van der Waals surface area contributed by atoms with Crippen LogP contribution in [0.3, 0.4) is 0 Å². The molecule has 0 spiro atoms. The Morgan fingerprint density at radius 1 is 1.32 bits per heavy atom. The normalized spacial score (nSPS) is 11.7. The van der Waals surface area contributed by atoms with Gasteiger partial charge >= 0.3 is 0 Å². The lowest BCUT2D eigenvalue weighted by molar-refractivity contribution is -0.123. The van der Waals surface area contributed by atoms with E-state index in [4.69, 9.17) is 5.73 Å². The summed E-state index contributed by atoms with van der Waals surface area (Å²) >= 11 is 0. The molecule has 0 radical (unpaired) electrons. The lowest BCUT2D eigenvalue weighted by atomic mass is 10.00. The minimum atomic E-state index is -0.280. The van der Waals surface area contributed by atoms with E-state index >= 15 is 0 Å². The van der Waals surface area contributed by atoms with Gasteiger partial charge in [0.2, 0.25) is 11.8 Å². The van der Waals surface area contributed by atoms with E-state index in [1.165, 1.54) is 0 Å². The minimum absolute atomic E-state index is 0.0561. The quantitative estimate of drug-likeness (QED) is 0.670. The Bertz CT molecular complexity index is 446. The van der Waals surface area contributed by atoms with E-state index < -0.39 is 0 Å². The Morgan fingerprint density at radius 2 is 2.05 bits per heavy atom. The number of anilines is 1. The van der Waals surface area contributed by atoms with E-state index in [9.17, 15) is 9.59 Å². The van der Waals surface area contributed by atoms with Crippen LogP contribution in [0, 0.1) is 0 Å². The number of nitrogens with one attached hydrogen (secondary N) is 2. The van der Waals surface area contributed by atoms with E-state index in [1.807, 2.05) is 26.0 Å². The number of benzene rings is 1. The Balaban J connectivity index is 2.43. The monoisotopic (exact) mass is 263 g/mol. The molecule has 1 aromatic rings. The van der Waals surface area contributed by atoms with Gasteiger partial charge in [0.1, 0.15) is 0 Å². The Morgan fingerprint density at radius 3 is 2.68 bits per heavy atom. The third kappa shape index (κ3) is 4.99. The molecule has 0 fully saturated rings. The van der Waals surface area contributed by atoms with Gasteiger partial charge in [-0.15, -0.1) is 0 Å². The molecule has 0 aliphatic rings. The van der Waals surface area contributed by atoms with Crippen LogP contribution >= 0.6 is 0 Å². The van der Waals surface area contributed by atoms with Crippen LogP contribution in [0.15, 0.2) is 24.3 Å². The number of hydrogen-bond donors (Lipinski definition) is 3. The molecule has 0 aliphatic carbocycles. The number of nitrogens with two attached hydrogens (primary N) is 1. The molecule has 2 amide bonds. The molecule has 19 heavy (non-hydrogen) atoms. The fraction of sp³-hybridized carbons (Fsp3) is 0.429. The molecule has 104 valence electrons. The van der Waals surface area contributed by atoms with Gasteiger partial charge in [0, 0.05) is 25.2 Å². The Hall–Kier alpha value is -2.04. The summed E-state index contributed by atoms with van der Waals surface area (Å²) in [6.07, 6.45) is 0.295. The summed E-state index contributed by atoms with van der Waals surface area (Å²) < 4.78 is 0. The lowest BCUT2D eigenvalue weighted by Crippen LogP contribution is -2.32. The summed E-state index contributed by atoms with van der Waals surface area (Å²) in [5.74, 6) is -0.438. The first-order chi connectivity index (χ1) is 9.04. The molecular formula is C14H21N3O2. The smallest absolute Gasteiger partial charge is 0.227 e. The van der Waals surface area contributed by atoms with Gasteiger partial charge < -0.3 is 16.4 Å². The molecule has 0 aliphatic heterocycles. The second kappa shape index (κ2) is 7.41. The van der Waals surface area contributed by atoms with Crippen molar-refractivity contribution in [2.75, 3.05) is 18.8 Å². The van der Waals surface area contributed by atoms with Gasteiger partial charge in [0.15, 0.2) is 0 Å². The van der Waals surface area contributed by atoms with Crippen molar-refractivity contribution in [1.29, 1.82) is 0 Å². The van der Waals surface area contributed by atoms with Gasteiger partial charge in [0.05, 0.1) is 5.92 Å². The first-order valence-corrected chi connectivity index (χ1v) is 6.44. The van der Waals surface area contributed by atoms with Crippen LogP contribution in [-0.4, -0.2) is 24.9 Å². The predicted octanol–water partition coefficient (Wildman–Crippen LogP) is 1.01. The highest BCUT2D eigenvalue weighted by Gasteiger charge is 2.15. The maximum atomic E-state index is 11.9. The first kappa shape index (κ1) is 15.0. The number of amides is 2. The molecule has 0 bridgehead atoms. The largest absolute Gasteiger partial charge is 0.399 e. The topological polar surface area (TPSA) is 84.2 Å². The van der Waals surface area contributed by atoms with Gasteiger partial charge in [0.25, 0.3) is 0 Å². The van der Waals surface area contributed by atoms with E-state index in [0.29, 0.717) is 25.2 Å². The van der Waals surface area contributed by atoms with Crippen molar-refractivity contribution in [1.82, 2.24) is 10.6 Å². The summed E-state index contributed by atoms with van der Waals surface area (Å²) in [5, 5.41) is 5.43. The van der Waals surface area contributed by atoms with Crippen LogP contribution in [0.4, 0.5) is 5.69 Å². The van der Waals surface area contributed by atoms with Gasteiger partial charge in [-0.3, -0.25) is 9.59 Å². The second-order valence-corrected chi connectivity index (χ2v) is 4.39. The standard InChI is InChI=1S/C14H21N3O2/c1-3-16-13(18)7-8-17-14(19)10(2)11-5-4-6-12(15)9-11/h4-6,9-10H,3,7-8,15H2,1-2H3,(H,16,18)(H,17,19). The lowest BCUT2D eigenvalue weighted by Gasteiger charge is -2.13. The zero-order valence-corrected chi connectivity index (χ0v) is 11.4. The highest BCUT2D eigenvalue weighted by Crippen LogP contribution is 2.17. The van der Waals surface area contributed by atoms with Crippen molar-refractivity contribution in [3.8, 4) is 0 Å². The maximum Gasteiger partial charge on any atom is 0.227 e. The summed E-state index contributed by atoms with van der Waals surface area (Å²) in [6.45, 7) is 4.62.